The van der Waals surface area contributed by atoms with Gasteiger partial charge in [0.05, 0.1) is 16.0 Å². The van der Waals surface area contributed by atoms with Crippen LogP contribution in [0.25, 0.3) is 6.08 Å². The zero-order valence-corrected chi connectivity index (χ0v) is 19.7. The van der Waals surface area contributed by atoms with Crippen LogP contribution in [0, 0.1) is 6.92 Å². The van der Waals surface area contributed by atoms with Crippen LogP contribution in [-0.2, 0) is 11.4 Å². The first-order valence-electron chi connectivity index (χ1n) is 9.33. The number of benzene rings is 2. The molecule has 0 aromatic heterocycles. The lowest BCUT2D eigenvalue weighted by atomic mass is 10.1. The predicted octanol–water partition coefficient (Wildman–Crippen LogP) is 5.96. The zero-order valence-electron chi connectivity index (χ0n) is 16.5. The Morgan fingerprint density at radius 2 is 1.97 bits per heavy atom. The van der Waals surface area contributed by atoms with Crippen LogP contribution in [0.3, 0.4) is 0 Å². The van der Waals surface area contributed by atoms with Crippen LogP contribution < -0.4 is 9.47 Å². The first-order chi connectivity index (χ1) is 13.9. The van der Waals surface area contributed by atoms with Gasteiger partial charge in [-0.25, -0.2) is 0 Å². The summed E-state index contributed by atoms with van der Waals surface area (Å²) in [5.41, 5.74) is 3.14. The molecule has 0 N–H and O–H groups in total. The number of aryl methyl sites for hydroxylation is 1. The summed E-state index contributed by atoms with van der Waals surface area (Å²) < 4.78 is 13.3. The second kappa shape index (κ2) is 9.78. The molecule has 4 nitrogen and oxygen atoms in total. The van der Waals surface area contributed by atoms with E-state index in [4.69, 9.17) is 21.7 Å². The Morgan fingerprint density at radius 1 is 1.21 bits per heavy atom. The maximum Gasteiger partial charge on any atom is 0.266 e. The minimum absolute atomic E-state index is 0.0588. The van der Waals surface area contributed by atoms with Crippen LogP contribution in [0.4, 0.5) is 0 Å². The molecule has 1 fully saturated rings. The summed E-state index contributed by atoms with van der Waals surface area (Å²) in [5.74, 6) is 1.22. The van der Waals surface area contributed by atoms with E-state index in [1.165, 1.54) is 17.3 Å². The number of thiocarbonyl (C=S) groups is 1. The number of amides is 1. The number of halogens is 1. The van der Waals surface area contributed by atoms with E-state index in [2.05, 4.69) is 28.9 Å². The Hall–Kier alpha value is -1.83. The van der Waals surface area contributed by atoms with Crippen LogP contribution in [-0.4, -0.2) is 28.3 Å². The first-order valence-corrected chi connectivity index (χ1v) is 11.3. The summed E-state index contributed by atoms with van der Waals surface area (Å²) in [6, 6.07) is 11.9. The van der Waals surface area contributed by atoms with Gasteiger partial charge in [-0.05, 0) is 71.6 Å². The van der Waals surface area contributed by atoms with Crippen molar-refractivity contribution >= 4 is 56.2 Å². The fourth-order valence-electron chi connectivity index (χ4n) is 2.92. The fourth-order valence-corrected chi connectivity index (χ4v) is 4.88. The summed E-state index contributed by atoms with van der Waals surface area (Å²) >= 11 is 10.2. The van der Waals surface area contributed by atoms with Gasteiger partial charge < -0.3 is 9.47 Å². The minimum Gasteiger partial charge on any atom is -0.490 e. The van der Waals surface area contributed by atoms with Gasteiger partial charge in [0.1, 0.15) is 10.9 Å². The molecule has 3 rings (SSSR count). The summed E-state index contributed by atoms with van der Waals surface area (Å²) in [6.07, 6.45) is 1.84. The maximum atomic E-state index is 12.5. The maximum absolute atomic E-state index is 12.5. The summed E-state index contributed by atoms with van der Waals surface area (Å²) in [6.45, 7) is 7.43. The highest BCUT2D eigenvalue weighted by atomic mass is 79.9. The SMILES string of the molecule is CCOc1cc(C=C2SC(=S)N(CC)C2=O)cc(Br)c1OCc1ccccc1C. The van der Waals surface area contributed by atoms with E-state index in [1.807, 2.05) is 50.3 Å². The molecule has 0 aliphatic carbocycles. The molecule has 0 spiro atoms. The third-order valence-electron chi connectivity index (χ3n) is 4.45. The van der Waals surface area contributed by atoms with Gasteiger partial charge in [0.25, 0.3) is 5.91 Å². The normalized spacial score (nSPS) is 15.3. The van der Waals surface area contributed by atoms with Crippen LogP contribution in [0.5, 0.6) is 11.5 Å². The van der Waals surface area contributed by atoms with E-state index in [1.54, 1.807) is 4.90 Å². The van der Waals surface area contributed by atoms with Gasteiger partial charge in [-0.15, -0.1) is 0 Å². The highest BCUT2D eigenvalue weighted by molar-refractivity contribution is 9.10. The van der Waals surface area contributed by atoms with E-state index in [0.717, 1.165) is 15.6 Å². The Balaban J connectivity index is 1.89. The third-order valence-corrected chi connectivity index (χ3v) is 6.42. The Bertz CT molecular complexity index is 975. The van der Waals surface area contributed by atoms with Crippen molar-refractivity contribution in [1.29, 1.82) is 0 Å². The molecule has 0 saturated carbocycles. The van der Waals surface area contributed by atoms with E-state index in [9.17, 15) is 4.79 Å². The molecule has 1 saturated heterocycles. The van der Waals surface area contributed by atoms with Crippen molar-refractivity contribution in [1.82, 2.24) is 4.90 Å². The standard InChI is InChI=1S/C22H22BrNO3S2/c1-4-24-21(25)19(29-22(24)28)12-15-10-17(23)20(18(11-15)26-5-2)27-13-16-9-7-6-8-14(16)3/h6-12H,4-5,13H2,1-3H3. The van der Waals surface area contributed by atoms with E-state index >= 15 is 0 Å². The Labute approximate surface area is 189 Å². The van der Waals surface area contributed by atoms with Crippen molar-refractivity contribution in [2.24, 2.45) is 0 Å². The average molecular weight is 492 g/mol. The molecule has 1 amide bonds. The van der Waals surface area contributed by atoms with Crippen LogP contribution in [0.1, 0.15) is 30.5 Å². The Morgan fingerprint density at radius 3 is 2.62 bits per heavy atom. The highest BCUT2D eigenvalue weighted by Crippen LogP contribution is 2.39. The lowest BCUT2D eigenvalue weighted by Gasteiger charge is -2.15. The van der Waals surface area contributed by atoms with Crippen molar-refractivity contribution in [3.63, 3.8) is 0 Å². The van der Waals surface area contributed by atoms with Gasteiger partial charge in [-0.1, -0.05) is 48.2 Å². The number of thioether (sulfide) groups is 1. The van der Waals surface area contributed by atoms with Crippen molar-refractivity contribution in [3.8, 4) is 11.5 Å². The highest BCUT2D eigenvalue weighted by Gasteiger charge is 2.30. The topological polar surface area (TPSA) is 38.8 Å². The third kappa shape index (κ3) is 5.02. The van der Waals surface area contributed by atoms with Gasteiger partial charge >= 0.3 is 0 Å². The number of nitrogens with zero attached hydrogens (tertiary/aromatic N) is 1. The molecule has 0 unspecified atom stereocenters. The van der Waals surface area contributed by atoms with Crippen molar-refractivity contribution in [2.45, 2.75) is 27.4 Å². The number of rotatable bonds is 7. The van der Waals surface area contributed by atoms with E-state index in [-0.39, 0.29) is 5.91 Å². The van der Waals surface area contributed by atoms with Crippen LogP contribution in [0.2, 0.25) is 0 Å². The summed E-state index contributed by atoms with van der Waals surface area (Å²) in [4.78, 5) is 14.7. The molecule has 7 heteroatoms. The molecular weight excluding hydrogens is 470 g/mol. The monoisotopic (exact) mass is 491 g/mol. The quantitative estimate of drug-likeness (QED) is 0.353. The van der Waals surface area contributed by atoms with E-state index in [0.29, 0.717) is 40.5 Å². The number of carbonyl (C=O) groups is 1. The summed E-state index contributed by atoms with van der Waals surface area (Å²) in [7, 11) is 0. The number of ether oxygens (including phenoxy) is 2. The number of hydrogen-bond acceptors (Lipinski definition) is 5. The lowest BCUT2D eigenvalue weighted by Crippen LogP contribution is -2.27. The van der Waals surface area contributed by atoms with Gasteiger partial charge in [0.15, 0.2) is 11.5 Å². The van der Waals surface area contributed by atoms with Crippen molar-refractivity contribution < 1.29 is 14.3 Å². The first kappa shape index (κ1) is 21.9. The number of likely N-dealkylation sites (N-methyl/N-ethyl adjacent to an activating group) is 1. The molecular formula is C22H22BrNO3S2. The smallest absolute Gasteiger partial charge is 0.266 e. The zero-order chi connectivity index (χ0) is 21.0. The van der Waals surface area contributed by atoms with Gasteiger partial charge in [0, 0.05) is 6.54 Å². The number of carbonyl (C=O) groups excluding carboxylic acids is 1. The van der Waals surface area contributed by atoms with Crippen molar-refractivity contribution in [3.05, 3.63) is 62.5 Å². The minimum atomic E-state index is -0.0588. The molecule has 29 heavy (non-hydrogen) atoms. The molecule has 1 heterocycles. The van der Waals surface area contributed by atoms with Gasteiger partial charge in [-0.3, -0.25) is 9.69 Å². The van der Waals surface area contributed by atoms with Gasteiger partial charge in [-0.2, -0.15) is 0 Å². The molecule has 152 valence electrons. The van der Waals surface area contributed by atoms with Crippen LogP contribution >= 0.6 is 39.9 Å². The van der Waals surface area contributed by atoms with Crippen molar-refractivity contribution in [2.75, 3.05) is 13.2 Å². The second-order valence-electron chi connectivity index (χ2n) is 6.40. The second-order valence-corrected chi connectivity index (χ2v) is 8.93. The molecule has 2 aromatic carbocycles. The predicted molar refractivity (Wildman–Crippen MR) is 126 cm³/mol. The largest absolute Gasteiger partial charge is 0.490 e. The van der Waals surface area contributed by atoms with Crippen LogP contribution in [0.15, 0.2) is 45.8 Å². The molecule has 1 aliphatic heterocycles. The molecule has 0 atom stereocenters. The molecule has 0 bridgehead atoms. The average Bonchev–Trinajstić information content (AvgIpc) is 2.95. The lowest BCUT2D eigenvalue weighted by molar-refractivity contribution is -0.121. The van der Waals surface area contributed by atoms with E-state index < -0.39 is 0 Å². The molecule has 1 aliphatic rings. The Kier molecular flexibility index (Phi) is 7.38. The summed E-state index contributed by atoms with van der Waals surface area (Å²) in [5, 5.41) is 0. The van der Waals surface area contributed by atoms with Gasteiger partial charge in [0.2, 0.25) is 0 Å². The molecule has 2 aromatic rings. The fraction of sp³-hybridized carbons (Fsp3) is 0.273. The number of hydrogen-bond donors (Lipinski definition) is 0. The molecule has 0 radical (unpaired) electrons.